The van der Waals surface area contributed by atoms with Crippen molar-refractivity contribution in [3.8, 4) is 22.6 Å². The van der Waals surface area contributed by atoms with Crippen molar-refractivity contribution in [2.45, 2.75) is 18.9 Å². The Morgan fingerprint density at radius 1 is 1.20 bits per heavy atom. The third kappa shape index (κ3) is 3.97. The van der Waals surface area contributed by atoms with Gasteiger partial charge in [-0.3, -0.25) is 4.68 Å². The number of rotatable bonds is 4. The quantitative estimate of drug-likeness (QED) is 0.539. The van der Waals surface area contributed by atoms with Crippen LogP contribution in [0.3, 0.4) is 0 Å². The lowest BCUT2D eigenvalue weighted by molar-refractivity contribution is -0.160. The van der Waals surface area contributed by atoms with Crippen molar-refractivity contribution in [3.63, 3.8) is 0 Å². The van der Waals surface area contributed by atoms with E-state index in [1.54, 1.807) is 0 Å². The third-order valence-electron chi connectivity index (χ3n) is 3.79. The van der Waals surface area contributed by atoms with Crippen LogP contribution in [-0.4, -0.2) is 32.2 Å². The summed E-state index contributed by atoms with van der Waals surface area (Å²) >= 11 is 5.84. The van der Waals surface area contributed by atoms with Gasteiger partial charge < -0.3 is 9.63 Å². The molecule has 0 spiro atoms. The Morgan fingerprint density at radius 2 is 1.87 bits per heavy atom. The summed E-state index contributed by atoms with van der Waals surface area (Å²) in [5.41, 5.74) is -5.36. The van der Waals surface area contributed by atoms with Gasteiger partial charge in [0, 0.05) is 0 Å². The van der Waals surface area contributed by atoms with Crippen LogP contribution in [0.2, 0.25) is 5.02 Å². The number of hydrogen-bond donors (Lipinski definition) is 1. The first kappa shape index (κ1) is 21.6. The summed E-state index contributed by atoms with van der Waals surface area (Å²) in [7, 11) is 0. The van der Waals surface area contributed by atoms with Gasteiger partial charge in [0.2, 0.25) is 0 Å². The Kier molecular flexibility index (Phi) is 5.26. The van der Waals surface area contributed by atoms with Crippen LogP contribution < -0.4 is 0 Å². The minimum absolute atomic E-state index is 0.318. The Labute approximate surface area is 166 Å². The number of nitrogens with zero attached hydrogens (tertiary/aromatic N) is 3. The van der Waals surface area contributed by atoms with Gasteiger partial charge in [-0.15, -0.1) is 0 Å². The summed E-state index contributed by atoms with van der Waals surface area (Å²) in [6, 6.07) is 3.25. The van der Waals surface area contributed by atoms with E-state index >= 15 is 0 Å². The molecule has 0 bridgehead atoms. The molecule has 3 aromatic rings. The maximum Gasteiger partial charge on any atom is 0.433 e. The van der Waals surface area contributed by atoms with Crippen molar-refractivity contribution in [2.24, 2.45) is 0 Å². The molecule has 14 heteroatoms. The van der Waals surface area contributed by atoms with Crippen molar-refractivity contribution in [3.05, 3.63) is 46.5 Å². The Balaban J connectivity index is 2.28. The second-order valence-electron chi connectivity index (χ2n) is 5.81. The van der Waals surface area contributed by atoms with E-state index in [1.165, 1.54) is 12.1 Å². The SMILES string of the molecule is O=C(O)c1c(-c2c(F)cccc2Cl)noc1-c1cnn(CC(F)(F)F)c1C(F)(F)F. The zero-order valence-electron chi connectivity index (χ0n) is 14.1. The third-order valence-corrected chi connectivity index (χ3v) is 4.10. The van der Waals surface area contributed by atoms with Gasteiger partial charge in [0.1, 0.15) is 23.6 Å². The first-order valence-electron chi connectivity index (χ1n) is 7.68. The van der Waals surface area contributed by atoms with Crippen LogP contribution >= 0.6 is 11.6 Å². The summed E-state index contributed by atoms with van der Waals surface area (Å²) in [4.78, 5) is 11.7. The lowest BCUT2D eigenvalue weighted by Gasteiger charge is -2.13. The lowest BCUT2D eigenvalue weighted by Crippen LogP contribution is -2.24. The second kappa shape index (κ2) is 7.31. The fourth-order valence-corrected chi connectivity index (χ4v) is 2.96. The van der Waals surface area contributed by atoms with Crippen molar-refractivity contribution >= 4 is 17.6 Å². The van der Waals surface area contributed by atoms with Gasteiger partial charge in [-0.25, -0.2) is 9.18 Å². The maximum atomic E-state index is 14.2. The van der Waals surface area contributed by atoms with E-state index in [1.807, 2.05) is 0 Å². The van der Waals surface area contributed by atoms with E-state index in [4.69, 9.17) is 16.1 Å². The van der Waals surface area contributed by atoms with Crippen LogP contribution in [0.4, 0.5) is 30.7 Å². The van der Waals surface area contributed by atoms with E-state index in [-0.39, 0.29) is 9.70 Å². The van der Waals surface area contributed by atoms with E-state index < -0.39 is 64.5 Å². The average molecular weight is 458 g/mol. The minimum atomic E-state index is -5.37. The highest BCUT2D eigenvalue weighted by molar-refractivity contribution is 6.33. The van der Waals surface area contributed by atoms with Crippen molar-refractivity contribution < 1.29 is 45.2 Å². The summed E-state index contributed by atoms with van der Waals surface area (Å²) in [6.07, 6.45) is -10.1. The Hall–Kier alpha value is -3.09. The fraction of sp³-hybridized carbons (Fsp3) is 0.188. The van der Waals surface area contributed by atoms with Crippen LogP contribution in [-0.2, 0) is 12.7 Å². The number of halogens is 8. The topological polar surface area (TPSA) is 81.2 Å². The average Bonchev–Trinajstić information content (AvgIpc) is 3.16. The predicted molar refractivity (Wildman–Crippen MR) is 86.1 cm³/mol. The zero-order chi connectivity index (χ0) is 22.4. The Morgan fingerprint density at radius 3 is 2.40 bits per heavy atom. The number of aromatic nitrogens is 3. The van der Waals surface area contributed by atoms with Crippen molar-refractivity contribution in [2.75, 3.05) is 0 Å². The number of carbonyl (C=O) groups is 1. The molecule has 0 aliphatic carbocycles. The molecule has 2 aromatic heterocycles. The number of benzene rings is 1. The monoisotopic (exact) mass is 457 g/mol. The fourth-order valence-electron chi connectivity index (χ4n) is 2.71. The van der Waals surface area contributed by atoms with Crippen LogP contribution in [0, 0.1) is 5.82 Å². The summed E-state index contributed by atoms with van der Waals surface area (Å²) in [5.74, 6) is -3.98. The molecule has 1 N–H and O–H groups in total. The summed E-state index contributed by atoms with van der Waals surface area (Å²) < 4.78 is 96.8. The van der Waals surface area contributed by atoms with Crippen molar-refractivity contribution in [1.82, 2.24) is 14.9 Å². The highest BCUT2D eigenvalue weighted by atomic mass is 35.5. The molecule has 6 nitrogen and oxygen atoms in total. The highest BCUT2D eigenvalue weighted by Crippen LogP contribution is 2.42. The van der Waals surface area contributed by atoms with Crippen molar-refractivity contribution in [1.29, 1.82) is 0 Å². The molecule has 0 aliphatic heterocycles. The number of alkyl halides is 6. The van der Waals surface area contributed by atoms with E-state index in [0.717, 1.165) is 6.07 Å². The lowest BCUT2D eigenvalue weighted by atomic mass is 10.0. The molecule has 0 aliphatic rings. The van der Waals surface area contributed by atoms with Gasteiger partial charge in [0.05, 0.1) is 22.3 Å². The number of hydrogen-bond acceptors (Lipinski definition) is 4. The smallest absolute Gasteiger partial charge is 0.433 e. The molecule has 0 atom stereocenters. The highest BCUT2D eigenvalue weighted by Gasteiger charge is 2.43. The molecular formula is C16H7ClF7N3O3. The normalized spacial score (nSPS) is 12.4. The van der Waals surface area contributed by atoms with E-state index in [2.05, 4.69) is 10.3 Å². The zero-order valence-corrected chi connectivity index (χ0v) is 14.9. The molecule has 1 aromatic carbocycles. The number of aromatic carboxylic acids is 1. The van der Waals surface area contributed by atoms with Crippen LogP contribution in [0.1, 0.15) is 16.1 Å². The molecule has 0 fully saturated rings. The first-order valence-corrected chi connectivity index (χ1v) is 8.06. The number of carboxylic acid groups (broad SMARTS) is 1. The van der Waals surface area contributed by atoms with Gasteiger partial charge in [-0.2, -0.15) is 31.4 Å². The predicted octanol–water partition coefficient (Wildman–Crippen LogP) is 5.28. The maximum absolute atomic E-state index is 14.2. The van der Waals surface area contributed by atoms with Gasteiger partial charge >= 0.3 is 18.3 Å². The molecule has 0 unspecified atom stereocenters. The molecule has 0 saturated heterocycles. The summed E-state index contributed by atoms with van der Waals surface area (Å²) in [5, 5.41) is 15.5. The minimum Gasteiger partial charge on any atom is -0.477 e. The standard InChI is InChI=1S/C16H7ClF7N3O3/c17-7-2-1-3-8(18)9(7)11-10(14(28)29)12(30-26-11)6-4-25-27(5-15(19,20)21)13(6)16(22,23)24/h1-4H,5H2,(H,28,29). The second-order valence-corrected chi connectivity index (χ2v) is 6.22. The van der Waals surface area contributed by atoms with Gasteiger partial charge in [0.25, 0.3) is 0 Å². The van der Waals surface area contributed by atoms with Gasteiger partial charge in [-0.05, 0) is 12.1 Å². The molecule has 160 valence electrons. The summed E-state index contributed by atoms with van der Waals surface area (Å²) in [6.45, 7) is -2.09. The van der Waals surface area contributed by atoms with Crippen LogP contribution in [0.15, 0.2) is 28.9 Å². The van der Waals surface area contributed by atoms with Crippen LogP contribution in [0.5, 0.6) is 0 Å². The molecule has 0 amide bonds. The molecule has 0 radical (unpaired) electrons. The van der Waals surface area contributed by atoms with E-state index in [0.29, 0.717) is 6.20 Å². The molecule has 0 saturated carbocycles. The Bertz CT molecular complexity index is 1100. The molecule has 3 rings (SSSR count). The van der Waals surface area contributed by atoms with Gasteiger partial charge in [0.15, 0.2) is 11.5 Å². The molecule has 2 heterocycles. The van der Waals surface area contributed by atoms with E-state index in [9.17, 15) is 40.6 Å². The molecule has 30 heavy (non-hydrogen) atoms. The molecular weight excluding hydrogens is 451 g/mol. The number of carboxylic acids is 1. The largest absolute Gasteiger partial charge is 0.477 e. The van der Waals surface area contributed by atoms with Crippen LogP contribution in [0.25, 0.3) is 22.6 Å². The first-order chi connectivity index (χ1) is 13.8. The van der Waals surface area contributed by atoms with Gasteiger partial charge in [-0.1, -0.05) is 22.8 Å².